The molecule has 0 N–H and O–H groups in total. The van der Waals surface area contributed by atoms with Gasteiger partial charge in [-0.3, -0.25) is 4.79 Å². The lowest BCUT2D eigenvalue weighted by Crippen LogP contribution is -1.88. The molecule has 0 saturated heterocycles. The molecule has 0 aliphatic carbocycles. The summed E-state index contributed by atoms with van der Waals surface area (Å²) in [5.41, 5.74) is 0. The molecule has 0 aliphatic rings. The molecule has 0 unspecified atom stereocenters. The van der Waals surface area contributed by atoms with Crippen molar-refractivity contribution in [2.24, 2.45) is 5.92 Å². The first-order valence-electron chi connectivity index (χ1n) is 2.91. The Bertz CT molecular complexity index is 116. The van der Waals surface area contributed by atoms with E-state index in [0.717, 1.165) is 11.2 Å². The molecule has 0 aliphatic heterocycles. The van der Waals surface area contributed by atoms with E-state index in [2.05, 4.69) is 13.8 Å². The minimum absolute atomic E-state index is 0.477. The Morgan fingerprint density at radius 1 is 1.56 bits per heavy atom. The van der Waals surface area contributed by atoms with Gasteiger partial charge in [-0.2, -0.15) is 0 Å². The maximum atomic E-state index is 9.99. The minimum Gasteiger partial charge on any atom is -0.299 e. The average Bonchev–Trinajstić information content (AvgIpc) is 1.82. The molecule has 0 bridgehead atoms. The van der Waals surface area contributed by atoms with E-state index in [1.165, 1.54) is 0 Å². The van der Waals surface area contributed by atoms with E-state index in [1.54, 1.807) is 17.8 Å². The Kier molecular flexibility index (Phi) is 4.50. The smallest absolute Gasteiger partial charge is 0.143 e. The SMILES string of the molecule is CS/C(=C/C=O)C(C)C. The predicted octanol–water partition coefficient (Wildman–Crippen LogP) is 2.09. The van der Waals surface area contributed by atoms with Crippen molar-refractivity contribution in [1.29, 1.82) is 0 Å². The lowest BCUT2D eigenvalue weighted by atomic mass is 10.2. The van der Waals surface area contributed by atoms with E-state index < -0.39 is 0 Å². The molecule has 0 spiro atoms. The fraction of sp³-hybridized carbons (Fsp3) is 0.571. The van der Waals surface area contributed by atoms with Gasteiger partial charge in [0.1, 0.15) is 6.29 Å². The van der Waals surface area contributed by atoms with Crippen LogP contribution in [0.25, 0.3) is 0 Å². The largest absolute Gasteiger partial charge is 0.299 e. The molecule has 52 valence electrons. The zero-order valence-corrected chi connectivity index (χ0v) is 6.87. The molecule has 0 fully saturated rings. The van der Waals surface area contributed by atoms with Crippen LogP contribution in [0.3, 0.4) is 0 Å². The van der Waals surface area contributed by atoms with Gasteiger partial charge in [-0.05, 0) is 23.2 Å². The fourth-order valence-corrected chi connectivity index (χ4v) is 1.23. The van der Waals surface area contributed by atoms with E-state index >= 15 is 0 Å². The maximum Gasteiger partial charge on any atom is 0.143 e. The van der Waals surface area contributed by atoms with Crippen LogP contribution >= 0.6 is 11.8 Å². The van der Waals surface area contributed by atoms with Crippen molar-refractivity contribution in [3.63, 3.8) is 0 Å². The molecule has 0 aromatic carbocycles. The molecular formula is C7H12OS. The van der Waals surface area contributed by atoms with Gasteiger partial charge >= 0.3 is 0 Å². The first-order valence-corrected chi connectivity index (χ1v) is 4.14. The Hall–Kier alpha value is -0.240. The Balaban J connectivity index is 3.96. The summed E-state index contributed by atoms with van der Waals surface area (Å²) >= 11 is 1.63. The van der Waals surface area contributed by atoms with Crippen LogP contribution in [-0.4, -0.2) is 12.5 Å². The van der Waals surface area contributed by atoms with Gasteiger partial charge in [-0.1, -0.05) is 13.8 Å². The molecule has 9 heavy (non-hydrogen) atoms. The molecule has 0 saturated carbocycles. The van der Waals surface area contributed by atoms with Gasteiger partial charge in [0.05, 0.1) is 0 Å². The first kappa shape index (κ1) is 8.76. The second-order valence-electron chi connectivity index (χ2n) is 2.06. The summed E-state index contributed by atoms with van der Waals surface area (Å²) in [6.07, 6.45) is 4.44. The number of rotatable bonds is 3. The van der Waals surface area contributed by atoms with Gasteiger partial charge in [-0.15, -0.1) is 11.8 Å². The summed E-state index contributed by atoms with van der Waals surface area (Å²) in [6, 6.07) is 0. The summed E-state index contributed by atoms with van der Waals surface area (Å²) in [7, 11) is 0. The highest BCUT2D eigenvalue weighted by molar-refractivity contribution is 8.02. The number of hydrogen-bond donors (Lipinski definition) is 0. The molecule has 0 heterocycles. The van der Waals surface area contributed by atoms with Crippen LogP contribution in [-0.2, 0) is 4.79 Å². The van der Waals surface area contributed by atoms with Crippen molar-refractivity contribution in [1.82, 2.24) is 0 Å². The Morgan fingerprint density at radius 3 is 2.22 bits per heavy atom. The van der Waals surface area contributed by atoms with Crippen molar-refractivity contribution in [2.75, 3.05) is 6.26 Å². The molecular weight excluding hydrogens is 132 g/mol. The summed E-state index contributed by atoms with van der Waals surface area (Å²) in [4.78, 5) is 11.1. The summed E-state index contributed by atoms with van der Waals surface area (Å²) in [5.74, 6) is 0.477. The van der Waals surface area contributed by atoms with Crippen LogP contribution in [0, 0.1) is 5.92 Å². The van der Waals surface area contributed by atoms with Gasteiger partial charge in [0.2, 0.25) is 0 Å². The molecule has 1 nitrogen and oxygen atoms in total. The summed E-state index contributed by atoms with van der Waals surface area (Å²) in [6.45, 7) is 4.15. The van der Waals surface area contributed by atoms with Crippen molar-refractivity contribution in [3.8, 4) is 0 Å². The lowest BCUT2D eigenvalue weighted by molar-refractivity contribution is -0.104. The van der Waals surface area contributed by atoms with E-state index in [4.69, 9.17) is 0 Å². The average molecular weight is 144 g/mol. The van der Waals surface area contributed by atoms with Crippen LogP contribution in [0.5, 0.6) is 0 Å². The van der Waals surface area contributed by atoms with Gasteiger partial charge in [-0.25, -0.2) is 0 Å². The van der Waals surface area contributed by atoms with E-state index in [9.17, 15) is 4.79 Å². The second-order valence-corrected chi connectivity index (χ2v) is 2.94. The van der Waals surface area contributed by atoms with Crippen LogP contribution in [0.2, 0.25) is 0 Å². The van der Waals surface area contributed by atoms with E-state index in [-0.39, 0.29) is 0 Å². The standard InChI is InChI=1S/C7H12OS/c1-6(2)7(9-3)4-5-8/h4-6H,1-3H3/b7-4+. The number of carbonyl (C=O) groups is 1. The second kappa shape index (κ2) is 4.62. The van der Waals surface area contributed by atoms with Crippen molar-refractivity contribution >= 4 is 18.0 Å². The normalized spacial score (nSPS) is 12.2. The van der Waals surface area contributed by atoms with Crippen LogP contribution in [0.4, 0.5) is 0 Å². The predicted molar refractivity (Wildman–Crippen MR) is 42.5 cm³/mol. The molecule has 0 amide bonds. The molecule has 0 aromatic heterocycles. The van der Waals surface area contributed by atoms with Gasteiger partial charge in [0, 0.05) is 0 Å². The lowest BCUT2D eigenvalue weighted by Gasteiger charge is -2.04. The highest BCUT2D eigenvalue weighted by atomic mass is 32.2. The Morgan fingerprint density at radius 2 is 2.11 bits per heavy atom. The summed E-state index contributed by atoms with van der Waals surface area (Å²) < 4.78 is 0. The first-order chi connectivity index (χ1) is 4.22. The number of thioether (sulfide) groups is 1. The van der Waals surface area contributed by atoms with Gasteiger partial charge in [0.25, 0.3) is 0 Å². The third kappa shape index (κ3) is 3.36. The quantitative estimate of drug-likeness (QED) is 0.445. The highest BCUT2D eigenvalue weighted by Gasteiger charge is 1.98. The topological polar surface area (TPSA) is 17.1 Å². The molecule has 0 aromatic rings. The number of aldehydes is 1. The van der Waals surface area contributed by atoms with Crippen molar-refractivity contribution in [2.45, 2.75) is 13.8 Å². The van der Waals surface area contributed by atoms with E-state index in [1.807, 2.05) is 6.26 Å². The van der Waals surface area contributed by atoms with Gasteiger partial charge < -0.3 is 0 Å². The fourth-order valence-electron chi connectivity index (χ4n) is 0.563. The number of allylic oxidation sites excluding steroid dienone is 2. The monoisotopic (exact) mass is 144 g/mol. The molecule has 0 atom stereocenters. The highest BCUT2D eigenvalue weighted by Crippen LogP contribution is 2.19. The van der Waals surface area contributed by atoms with Crippen molar-refractivity contribution < 1.29 is 4.79 Å². The van der Waals surface area contributed by atoms with Crippen molar-refractivity contribution in [3.05, 3.63) is 11.0 Å². The summed E-state index contributed by atoms with van der Waals surface area (Å²) in [5, 5.41) is 0. The van der Waals surface area contributed by atoms with Crippen LogP contribution < -0.4 is 0 Å². The molecule has 0 radical (unpaired) electrons. The zero-order chi connectivity index (χ0) is 7.28. The van der Waals surface area contributed by atoms with Crippen LogP contribution in [0.15, 0.2) is 11.0 Å². The minimum atomic E-state index is 0.477. The number of carbonyl (C=O) groups excluding carboxylic acids is 1. The van der Waals surface area contributed by atoms with E-state index in [0.29, 0.717) is 5.92 Å². The molecule has 2 heteroatoms. The third-order valence-electron chi connectivity index (χ3n) is 1.04. The molecule has 0 rings (SSSR count). The van der Waals surface area contributed by atoms with Crippen LogP contribution in [0.1, 0.15) is 13.8 Å². The Labute approximate surface area is 60.5 Å². The maximum absolute atomic E-state index is 9.99. The number of hydrogen-bond acceptors (Lipinski definition) is 2. The zero-order valence-electron chi connectivity index (χ0n) is 6.05. The van der Waals surface area contributed by atoms with Gasteiger partial charge in [0.15, 0.2) is 0 Å². The third-order valence-corrected chi connectivity index (χ3v) is 2.12.